The third-order valence-corrected chi connectivity index (χ3v) is 4.12. The Hall–Kier alpha value is -2.86. The summed E-state index contributed by atoms with van der Waals surface area (Å²) in [6.07, 6.45) is -0.524. The van der Waals surface area contributed by atoms with Gasteiger partial charge in [0, 0.05) is 13.1 Å². The number of carbonyl (C=O) groups is 2. The molecule has 2 rings (SSSR count). The molecule has 6 nitrogen and oxygen atoms in total. The summed E-state index contributed by atoms with van der Waals surface area (Å²) in [6, 6.07) is 18.0. The van der Waals surface area contributed by atoms with Crippen LogP contribution in [0.1, 0.15) is 18.1 Å². The topological polar surface area (TPSA) is 95.7 Å². The van der Waals surface area contributed by atoms with Crippen molar-refractivity contribution < 1.29 is 14.7 Å². The summed E-state index contributed by atoms with van der Waals surface area (Å²) < 4.78 is 0. The maximum absolute atomic E-state index is 11.9. The van der Waals surface area contributed by atoms with Gasteiger partial charge in [-0.3, -0.25) is 9.69 Å². The molecule has 0 saturated carbocycles. The van der Waals surface area contributed by atoms with Crippen molar-refractivity contribution >= 4 is 12.0 Å². The van der Waals surface area contributed by atoms with Gasteiger partial charge in [0.05, 0.1) is 12.1 Å². The molecule has 0 aliphatic carbocycles. The molecule has 0 heterocycles. The van der Waals surface area contributed by atoms with Gasteiger partial charge in [-0.15, -0.1) is 0 Å². The summed E-state index contributed by atoms with van der Waals surface area (Å²) in [7, 11) is 0. The van der Waals surface area contributed by atoms with Gasteiger partial charge in [-0.25, -0.2) is 4.79 Å². The predicted molar refractivity (Wildman–Crippen MR) is 101 cm³/mol. The number of carboxylic acid groups (broad SMARTS) is 1. The minimum Gasteiger partial charge on any atom is -0.465 e. The van der Waals surface area contributed by atoms with E-state index in [0.29, 0.717) is 6.42 Å². The van der Waals surface area contributed by atoms with Gasteiger partial charge >= 0.3 is 6.09 Å². The molecule has 2 atom stereocenters. The zero-order valence-electron chi connectivity index (χ0n) is 14.8. The van der Waals surface area contributed by atoms with E-state index in [9.17, 15) is 14.7 Å². The monoisotopic (exact) mass is 355 g/mol. The predicted octanol–water partition coefficient (Wildman–Crippen LogP) is 2.24. The maximum atomic E-state index is 11.9. The molecule has 2 aromatic rings. The van der Waals surface area contributed by atoms with E-state index in [1.807, 2.05) is 60.7 Å². The van der Waals surface area contributed by atoms with Crippen molar-refractivity contribution in [1.29, 1.82) is 0 Å². The van der Waals surface area contributed by atoms with Crippen LogP contribution in [0, 0.1) is 0 Å². The lowest BCUT2D eigenvalue weighted by Crippen LogP contribution is -2.49. The number of hydrogen-bond donors (Lipinski definition) is 3. The molecule has 0 radical (unpaired) electrons. The zero-order valence-corrected chi connectivity index (χ0v) is 14.8. The minimum absolute atomic E-state index is 0.203. The molecule has 0 fully saturated rings. The van der Waals surface area contributed by atoms with Crippen LogP contribution in [0.15, 0.2) is 60.7 Å². The number of rotatable bonds is 8. The highest BCUT2D eigenvalue weighted by Gasteiger charge is 2.25. The van der Waals surface area contributed by atoms with Crippen molar-refractivity contribution in [2.75, 3.05) is 6.54 Å². The first kappa shape index (κ1) is 19.5. The smallest absolute Gasteiger partial charge is 0.407 e. The summed E-state index contributed by atoms with van der Waals surface area (Å²) in [4.78, 5) is 25.1. The van der Waals surface area contributed by atoms with Crippen LogP contribution in [0.2, 0.25) is 0 Å². The molecule has 0 spiro atoms. The van der Waals surface area contributed by atoms with E-state index in [-0.39, 0.29) is 19.0 Å². The number of amides is 2. The molecule has 138 valence electrons. The number of benzene rings is 2. The molecular weight excluding hydrogens is 330 g/mol. The highest BCUT2D eigenvalue weighted by molar-refractivity contribution is 5.81. The highest BCUT2D eigenvalue weighted by atomic mass is 16.4. The van der Waals surface area contributed by atoms with Crippen molar-refractivity contribution in [2.24, 2.45) is 5.73 Å². The summed E-state index contributed by atoms with van der Waals surface area (Å²) in [5, 5.41) is 12.5. The number of nitrogens with one attached hydrogen (secondary N) is 1. The van der Waals surface area contributed by atoms with Gasteiger partial charge in [-0.1, -0.05) is 60.7 Å². The second-order valence-corrected chi connectivity index (χ2v) is 6.27. The standard InChI is InChI=1S/C20H25N3O3/c1-15(21)19(24)22-13-18(12-16-8-4-2-5-9-16)23(20(25)26)14-17-10-6-3-7-11-17/h2-11,15,18H,12-14,21H2,1H3,(H,22,24)(H,25,26)/t15-,18-/m0/s1. The largest absolute Gasteiger partial charge is 0.465 e. The summed E-state index contributed by atoms with van der Waals surface area (Å²) in [6.45, 7) is 2.05. The second kappa shape index (κ2) is 9.58. The van der Waals surface area contributed by atoms with Crippen molar-refractivity contribution in [3.63, 3.8) is 0 Å². The molecule has 0 unspecified atom stereocenters. The van der Waals surface area contributed by atoms with E-state index in [4.69, 9.17) is 5.73 Å². The first-order valence-corrected chi connectivity index (χ1v) is 8.58. The average Bonchev–Trinajstić information content (AvgIpc) is 2.64. The normalized spacial score (nSPS) is 12.8. The Morgan fingerprint density at radius 1 is 1.04 bits per heavy atom. The van der Waals surface area contributed by atoms with Crippen LogP contribution in [0.5, 0.6) is 0 Å². The fraction of sp³-hybridized carbons (Fsp3) is 0.300. The van der Waals surface area contributed by atoms with Crippen LogP contribution in [0.3, 0.4) is 0 Å². The van der Waals surface area contributed by atoms with E-state index in [2.05, 4.69) is 5.32 Å². The lowest BCUT2D eigenvalue weighted by atomic mass is 10.0. The van der Waals surface area contributed by atoms with E-state index < -0.39 is 18.2 Å². The first-order valence-electron chi connectivity index (χ1n) is 8.58. The lowest BCUT2D eigenvalue weighted by molar-refractivity contribution is -0.122. The SMILES string of the molecule is C[C@H](N)C(=O)NC[C@H](Cc1ccccc1)N(Cc1ccccc1)C(=O)O. The fourth-order valence-electron chi connectivity index (χ4n) is 2.69. The van der Waals surface area contributed by atoms with Gasteiger partial charge in [0.15, 0.2) is 0 Å². The van der Waals surface area contributed by atoms with Crippen molar-refractivity contribution in [3.8, 4) is 0 Å². The van der Waals surface area contributed by atoms with Crippen molar-refractivity contribution in [3.05, 3.63) is 71.8 Å². The summed E-state index contributed by atoms with van der Waals surface area (Å²) >= 11 is 0. The third-order valence-electron chi connectivity index (χ3n) is 4.12. The van der Waals surface area contributed by atoms with E-state index >= 15 is 0 Å². The Morgan fingerprint density at radius 3 is 2.08 bits per heavy atom. The van der Waals surface area contributed by atoms with Crippen molar-refractivity contribution in [2.45, 2.75) is 32.0 Å². The number of nitrogens with two attached hydrogens (primary N) is 1. The van der Waals surface area contributed by atoms with E-state index in [1.54, 1.807) is 6.92 Å². The van der Waals surface area contributed by atoms with Crippen LogP contribution in [0.4, 0.5) is 4.79 Å². The fourth-order valence-corrected chi connectivity index (χ4v) is 2.69. The Bertz CT molecular complexity index is 705. The highest BCUT2D eigenvalue weighted by Crippen LogP contribution is 2.13. The number of hydrogen-bond acceptors (Lipinski definition) is 3. The van der Waals surface area contributed by atoms with E-state index in [1.165, 1.54) is 4.90 Å². The molecule has 2 aromatic carbocycles. The molecule has 6 heteroatoms. The molecule has 2 amide bonds. The van der Waals surface area contributed by atoms with Gasteiger partial charge in [0.25, 0.3) is 0 Å². The summed E-state index contributed by atoms with van der Waals surface area (Å²) in [5.74, 6) is -0.298. The molecule has 0 saturated heterocycles. The van der Waals surface area contributed by atoms with Gasteiger partial charge in [-0.2, -0.15) is 0 Å². The lowest BCUT2D eigenvalue weighted by Gasteiger charge is -2.30. The second-order valence-electron chi connectivity index (χ2n) is 6.27. The third kappa shape index (κ3) is 5.89. The Morgan fingerprint density at radius 2 is 1.58 bits per heavy atom. The maximum Gasteiger partial charge on any atom is 0.407 e. The molecule has 0 aromatic heterocycles. The minimum atomic E-state index is -1.02. The van der Waals surface area contributed by atoms with Crippen LogP contribution in [0.25, 0.3) is 0 Å². The van der Waals surface area contributed by atoms with Gasteiger partial charge < -0.3 is 16.2 Å². The molecular formula is C20H25N3O3. The zero-order chi connectivity index (χ0) is 18.9. The molecule has 0 aliphatic rings. The molecule has 0 aliphatic heterocycles. The molecule has 4 N–H and O–H groups in total. The van der Waals surface area contributed by atoms with Crippen LogP contribution >= 0.6 is 0 Å². The van der Waals surface area contributed by atoms with Crippen LogP contribution < -0.4 is 11.1 Å². The summed E-state index contributed by atoms with van der Waals surface area (Å²) in [5.41, 5.74) is 7.49. The molecule has 0 bridgehead atoms. The Kier molecular flexibility index (Phi) is 7.17. The van der Waals surface area contributed by atoms with Gasteiger partial charge in [-0.05, 0) is 24.5 Å². The number of nitrogens with zero attached hydrogens (tertiary/aromatic N) is 1. The van der Waals surface area contributed by atoms with Gasteiger partial charge in [0.1, 0.15) is 0 Å². The quantitative estimate of drug-likeness (QED) is 0.677. The van der Waals surface area contributed by atoms with E-state index in [0.717, 1.165) is 11.1 Å². The van der Waals surface area contributed by atoms with Crippen molar-refractivity contribution in [1.82, 2.24) is 10.2 Å². The first-order chi connectivity index (χ1) is 12.5. The Labute approximate surface area is 153 Å². The molecule has 26 heavy (non-hydrogen) atoms. The average molecular weight is 355 g/mol. The Balaban J connectivity index is 2.19. The van der Waals surface area contributed by atoms with Gasteiger partial charge in [0.2, 0.25) is 5.91 Å². The van der Waals surface area contributed by atoms with Crippen LogP contribution in [-0.4, -0.2) is 40.6 Å². The van der Waals surface area contributed by atoms with Crippen LogP contribution in [-0.2, 0) is 17.8 Å². The number of carbonyl (C=O) groups excluding carboxylic acids is 1.